The zero-order valence-corrected chi connectivity index (χ0v) is 17.1. The Hall–Kier alpha value is -2.72. The fourth-order valence-electron chi connectivity index (χ4n) is 5.41. The number of pyridine rings is 2. The zero-order valence-electron chi connectivity index (χ0n) is 17.1. The van der Waals surface area contributed by atoms with E-state index in [-0.39, 0.29) is 0 Å². The van der Waals surface area contributed by atoms with Crippen molar-refractivity contribution in [3.8, 4) is 0 Å². The predicted octanol–water partition coefficient (Wildman–Crippen LogP) is 5.77. The standard InChI is InChI=1S/C26H27N3O/c30-26(25-23(18-5-6-18)12-11-22-15-27-16-29(22)25)20-8-3-17(4-9-20)21-10-7-19-2-1-13-28-24(19)14-21/h1-2,7,10-18,20,26,30H,3-6,8-9H2. The Morgan fingerprint density at radius 3 is 2.60 bits per heavy atom. The quantitative estimate of drug-likeness (QED) is 0.476. The highest BCUT2D eigenvalue weighted by Gasteiger charge is 2.34. The number of hydrogen-bond acceptors (Lipinski definition) is 3. The van der Waals surface area contributed by atoms with Gasteiger partial charge in [-0.3, -0.25) is 4.98 Å². The van der Waals surface area contributed by atoms with Gasteiger partial charge < -0.3 is 9.51 Å². The van der Waals surface area contributed by atoms with Crippen LogP contribution in [0, 0.1) is 5.92 Å². The van der Waals surface area contributed by atoms with Crippen molar-refractivity contribution < 1.29 is 5.11 Å². The minimum absolute atomic E-state index is 0.310. The van der Waals surface area contributed by atoms with Gasteiger partial charge >= 0.3 is 0 Å². The number of hydrogen-bond donors (Lipinski definition) is 1. The number of aliphatic hydroxyl groups is 1. The Morgan fingerprint density at radius 1 is 0.933 bits per heavy atom. The molecule has 6 rings (SSSR count). The average molecular weight is 398 g/mol. The normalized spacial score (nSPS) is 23.1. The van der Waals surface area contributed by atoms with Crippen molar-refractivity contribution in [2.24, 2.45) is 5.92 Å². The number of rotatable bonds is 4. The van der Waals surface area contributed by atoms with Crippen molar-refractivity contribution in [3.05, 3.63) is 78.0 Å². The molecule has 2 aliphatic carbocycles. The van der Waals surface area contributed by atoms with E-state index >= 15 is 0 Å². The van der Waals surface area contributed by atoms with Crippen LogP contribution in [-0.2, 0) is 0 Å². The summed E-state index contributed by atoms with van der Waals surface area (Å²) in [6.07, 6.45) is 12.0. The van der Waals surface area contributed by atoms with Crippen LogP contribution >= 0.6 is 0 Å². The van der Waals surface area contributed by atoms with Gasteiger partial charge in [-0.05, 0) is 85.6 Å². The van der Waals surface area contributed by atoms with E-state index in [0.717, 1.165) is 42.4 Å². The third-order valence-electron chi connectivity index (χ3n) is 7.27. The summed E-state index contributed by atoms with van der Waals surface area (Å²) >= 11 is 0. The fourth-order valence-corrected chi connectivity index (χ4v) is 5.41. The molecule has 0 amide bonds. The van der Waals surface area contributed by atoms with Crippen molar-refractivity contribution >= 4 is 16.4 Å². The van der Waals surface area contributed by atoms with Crippen LogP contribution in [0.3, 0.4) is 0 Å². The summed E-state index contributed by atoms with van der Waals surface area (Å²) in [5.74, 6) is 1.49. The molecule has 2 fully saturated rings. The van der Waals surface area contributed by atoms with Gasteiger partial charge in [0.2, 0.25) is 0 Å². The maximum atomic E-state index is 11.5. The van der Waals surface area contributed by atoms with E-state index in [2.05, 4.69) is 50.8 Å². The lowest BCUT2D eigenvalue weighted by atomic mass is 9.75. The first kappa shape index (κ1) is 18.1. The van der Waals surface area contributed by atoms with E-state index in [0.29, 0.717) is 17.8 Å². The summed E-state index contributed by atoms with van der Waals surface area (Å²) < 4.78 is 2.12. The molecule has 1 aromatic carbocycles. The topological polar surface area (TPSA) is 50.4 Å². The molecule has 4 heteroatoms. The van der Waals surface area contributed by atoms with Crippen LogP contribution in [0.25, 0.3) is 16.4 Å². The van der Waals surface area contributed by atoms with Crippen LogP contribution in [0.5, 0.6) is 0 Å². The van der Waals surface area contributed by atoms with E-state index < -0.39 is 6.10 Å². The molecule has 3 heterocycles. The molecule has 0 bridgehead atoms. The number of benzene rings is 1. The van der Waals surface area contributed by atoms with Gasteiger partial charge in [0.1, 0.15) is 0 Å². The van der Waals surface area contributed by atoms with Crippen molar-refractivity contribution in [2.45, 2.75) is 56.5 Å². The number of fused-ring (bicyclic) bond motifs is 2. The van der Waals surface area contributed by atoms with Crippen LogP contribution in [0.2, 0.25) is 0 Å². The molecule has 2 saturated carbocycles. The van der Waals surface area contributed by atoms with E-state index in [9.17, 15) is 5.11 Å². The van der Waals surface area contributed by atoms with Crippen molar-refractivity contribution in [1.82, 2.24) is 14.4 Å². The zero-order chi connectivity index (χ0) is 20.1. The maximum absolute atomic E-state index is 11.5. The van der Waals surface area contributed by atoms with Gasteiger partial charge in [-0.15, -0.1) is 0 Å². The second kappa shape index (κ2) is 7.21. The molecule has 4 nitrogen and oxygen atoms in total. The monoisotopic (exact) mass is 397 g/mol. The van der Waals surface area contributed by atoms with Gasteiger partial charge in [-0.2, -0.15) is 0 Å². The molecule has 0 saturated heterocycles. The highest BCUT2D eigenvalue weighted by Crippen LogP contribution is 2.47. The lowest BCUT2D eigenvalue weighted by Crippen LogP contribution is -2.22. The van der Waals surface area contributed by atoms with E-state index in [1.165, 1.54) is 29.4 Å². The number of nitrogens with zero attached hydrogens (tertiary/aromatic N) is 3. The van der Waals surface area contributed by atoms with E-state index in [1.807, 2.05) is 24.8 Å². The summed E-state index contributed by atoms with van der Waals surface area (Å²) in [5.41, 5.74) is 5.97. The molecule has 0 radical (unpaired) electrons. The van der Waals surface area contributed by atoms with Crippen LogP contribution < -0.4 is 0 Å². The molecule has 3 aromatic heterocycles. The average Bonchev–Trinajstić information content (AvgIpc) is 3.54. The second-order valence-corrected chi connectivity index (χ2v) is 9.15. The first-order valence-electron chi connectivity index (χ1n) is 11.3. The van der Waals surface area contributed by atoms with Gasteiger partial charge in [0.25, 0.3) is 0 Å². The first-order chi connectivity index (χ1) is 14.8. The van der Waals surface area contributed by atoms with Crippen molar-refractivity contribution in [3.63, 3.8) is 0 Å². The summed E-state index contributed by atoms with van der Waals surface area (Å²) in [6, 6.07) is 15.2. The molecule has 152 valence electrons. The second-order valence-electron chi connectivity index (χ2n) is 9.15. The molecule has 30 heavy (non-hydrogen) atoms. The molecule has 2 aliphatic rings. The van der Waals surface area contributed by atoms with Gasteiger partial charge in [0, 0.05) is 11.6 Å². The molecule has 1 N–H and O–H groups in total. The lowest BCUT2D eigenvalue weighted by Gasteiger charge is -2.33. The van der Waals surface area contributed by atoms with Crippen molar-refractivity contribution in [2.75, 3.05) is 0 Å². The highest BCUT2D eigenvalue weighted by atomic mass is 16.3. The van der Waals surface area contributed by atoms with Crippen LogP contribution in [0.15, 0.2) is 61.2 Å². The molecule has 1 unspecified atom stereocenters. The Labute approximate surface area is 176 Å². The third-order valence-corrected chi connectivity index (χ3v) is 7.27. The Bertz CT molecular complexity index is 1200. The van der Waals surface area contributed by atoms with E-state index in [4.69, 9.17) is 0 Å². The minimum Gasteiger partial charge on any atom is -0.387 e. The molecule has 0 aliphatic heterocycles. The summed E-state index contributed by atoms with van der Waals surface area (Å²) in [5, 5.41) is 12.7. The SMILES string of the molecule is OC(c1c(C2CC2)ccc2cncn12)C1CCC(c2ccc3cccnc3c2)CC1. The largest absolute Gasteiger partial charge is 0.387 e. The van der Waals surface area contributed by atoms with Gasteiger partial charge in [-0.1, -0.05) is 24.3 Å². The fraction of sp³-hybridized carbons (Fsp3) is 0.385. The summed E-state index contributed by atoms with van der Waals surface area (Å²) in [6.45, 7) is 0. The van der Waals surface area contributed by atoms with Crippen molar-refractivity contribution in [1.29, 1.82) is 0 Å². The number of imidazole rings is 1. The third kappa shape index (κ3) is 3.10. The minimum atomic E-state index is -0.419. The number of aliphatic hydroxyl groups excluding tert-OH is 1. The predicted molar refractivity (Wildman–Crippen MR) is 119 cm³/mol. The first-order valence-corrected chi connectivity index (χ1v) is 11.3. The van der Waals surface area contributed by atoms with Gasteiger partial charge in [0.05, 0.1) is 35.4 Å². The molecular weight excluding hydrogens is 370 g/mol. The Balaban J connectivity index is 1.24. The molecule has 4 aromatic rings. The molecule has 1 atom stereocenters. The van der Waals surface area contributed by atoms with Gasteiger partial charge in [-0.25, -0.2) is 4.98 Å². The van der Waals surface area contributed by atoms with Gasteiger partial charge in [0.15, 0.2) is 0 Å². The van der Waals surface area contributed by atoms with Crippen LogP contribution in [-0.4, -0.2) is 19.5 Å². The summed E-state index contributed by atoms with van der Waals surface area (Å²) in [7, 11) is 0. The lowest BCUT2D eigenvalue weighted by molar-refractivity contribution is 0.0754. The smallest absolute Gasteiger partial charge is 0.0995 e. The highest BCUT2D eigenvalue weighted by molar-refractivity contribution is 5.79. The van der Waals surface area contributed by atoms with Crippen LogP contribution in [0.1, 0.15) is 73.3 Å². The van der Waals surface area contributed by atoms with E-state index in [1.54, 1.807) is 0 Å². The maximum Gasteiger partial charge on any atom is 0.0995 e. The van der Waals surface area contributed by atoms with Crippen LogP contribution in [0.4, 0.5) is 0 Å². The molecular formula is C26H27N3O. The summed E-state index contributed by atoms with van der Waals surface area (Å²) in [4.78, 5) is 8.86. The number of aromatic nitrogens is 3. The Morgan fingerprint density at radius 2 is 1.77 bits per heavy atom. The Kier molecular flexibility index (Phi) is 4.34. The molecule has 0 spiro atoms.